The molecule has 5 nitrogen and oxygen atoms in total. The minimum Gasteiger partial charge on any atom is -0.481 e. The summed E-state index contributed by atoms with van der Waals surface area (Å²) in [7, 11) is 0. The van der Waals surface area contributed by atoms with Crippen LogP contribution in [0.15, 0.2) is 12.1 Å². The summed E-state index contributed by atoms with van der Waals surface area (Å²) in [6, 6.07) is 4.03. The SMILES string of the molecule is Cc1cc(C)c(N2CCC(N3CCC(C)(C(=O)O)C3)C2=O)c(C)c1. The van der Waals surface area contributed by atoms with Gasteiger partial charge in [-0.2, -0.15) is 0 Å². The Bertz CT molecular complexity index is 677. The Hall–Kier alpha value is -1.88. The van der Waals surface area contributed by atoms with Crippen molar-refractivity contribution in [2.24, 2.45) is 5.41 Å². The average molecular weight is 330 g/mol. The van der Waals surface area contributed by atoms with Crippen LogP contribution in [-0.4, -0.2) is 47.6 Å². The highest BCUT2D eigenvalue weighted by Crippen LogP contribution is 2.36. The monoisotopic (exact) mass is 330 g/mol. The van der Waals surface area contributed by atoms with E-state index in [4.69, 9.17) is 0 Å². The van der Waals surface area contributed by atoms with Crippen LogP contribution in [0.5, 0.6) is 0 Å². The van der Waals surface area contributed by atoms with Gasteiger partial charge in [0.2, 0.25) is 5.91 Å². The predicted octanol–water partition coefficient (Wildman–Crippen LogP) is 2.51. The smallest absolute Gasteiger partial charge is 0.310 e. The van der Waals surface area contributed by atoms with Crippen molar-refractivity contribution < 1.29 is 14.7 Å². The third-order valence-corrected chi connectivity index (χ3v) is 5.54. The summed E-state index contributed by atoms with van der Waals surface area (Å²) in [6.07, 6.45) is 1.37. The van der Waals surface area contributed by atoms with Crippen LogP contribution in [0.3, 0.4) is 0 Å². The summed E-state index contributed by atoms with van der Waals surface area (Å²) in [4.78, 5) is 28.4. The number of carboxylic acids is 1. The zero-order valence-electron chi connectivity index (χ0n) is 14.9. The number of carboxylic acid groups (broad SMARTS) is 1. The maximum atomic E-state index is 13.0. The second-order valence-corrected chi connectivity index (χ2v) is 7.63. The van der Waals surface area contributed by atoms with E-state index in [-0.39, 0.29) is 11.9 Å². The molecule has 2 unspecified atom stereocenters. The summed E-state index contributed by atoms with van der Waals surface area (Å²) >= 11 is 0. The Kier molecular flexibility index (Phi) is 4.16. The fourth-order valence-corrected chi connectivity index (χ4v) is 4.26. The topological polar surface area (TPSA) is 60.9 Å². The van der Waals surface area contributed by atoms with E-state index in [2.05, 4.69) is 24.0 Å². The Labute approximate surface area is 143 Å². The standard InChI is InChI=1S/C19H26N2O3/c1-12-9-13(2)16(14(3)10-12)21-7-5-15(17(21)22)20-8-6-19(4,11-20)18(23)24/h9-10,15H,5-8,11H2,1-4H3,(H,23,24). The molecular weight excluding hydrogens is 304 g/mol. The number of likely N-dealkylation sites (tertiary alicyclic amines) is 1. The first-order valence-corrected chi connectivity index (χ1v) is 8.59. The number of benzene rings is 1. The minimum atomic E-state index is -0.766. The van der Waals surface area contributed by atoms with Gasteiger partial charge < -0.3 is 10.0 Å². The van der Waals surface area contributed by atoms with E-state index in [1.54, 1.807) is 6.92 Å². The Morgan fingerprint density at radius 2 is 1.83 bits per heavy atom. The Morgan fingerprint density at radius 1 is 1.21 bits per heavy atom. The highest BCUT2D eigenvalue weighted by Gasteiger charge is 2.46. The van der Waals surface area contributed by atoms with Gasteiger partial charge in [-0.3, -0.25) is 14.5 Å². The lowest BCUT2D eigenvalue weighted by atomic mass is 9.90. The van der Waals surface area contributed by atoms with Crippen molar-refractivity contribution in [3.05, 3.63) is 28.8 Å². The first-order valence-electron chi connectivity index (χ1n) is 8.59. The van der Waals surface area contributed by atoms with Crippen molar-refractivity contribution in [3.63, 3.8) is 0 Å². The maximum Gasteiger partial charge on any atom is 0.310 e. The fourth-order valence-electron chi connectivity index (χ4n) is 4.26. The van der Waals surface area contributed by atoms with Crippen LogP contribution < -0.4 is 4.90 Å². The first-order chi connectivity index (χ1) is 11.2. The lowest BCUT2D eigenvalue weighted by molar-refractivity contribution is -0.147. The number of nitrogens with zero attached hydrogens (tertiary/aromatic N) is 2. The van der Waals surface area contributed by atoms with E-state index in [1.165, 1.54) is 5.56 Å². The summed E-state index contributed by atoms with van der Waals surface area (Å²) < 4.78 is 0. The first kappa shape index (κ1) is 17.0. The van der Waals surface area contributed by atoms with Gasteiger partial charge in [0, 0.05) is 25.3 Å². The van der Waals surface area contributed by atoms with Gasteiger partial charge in [-0.05, 0) is 51.7 Å². The Balaban J connectivity index is 1.81. The van der Waals surface area contributed by atoms with Gasteiger partial charge in [0.25, 0.3) is 0 Å². The van der Waals surface area contributed by atoms with Crippen LogP contribution in [0, 0.1) is 26.2 Å². The molecule has 0 aliphatic carbocycles. The molecule has 130 valence electrons. The highest BCUT2D eigenvalue weighted by molar-refractivity contribution is 6.00. The van der Waals surface area contributed by atoms with Crippen LogP contribution in [0.2, 0.25) is 0 Å². The summed E-state index contributed by atoms with van der Waals surface area (Å²) in [5, 5.41) is 9.41. The number of rotatable bonds is 3. The van der Waals surface area contributed by atoms with Crippen LogP contribution in [-0.2, 0) is 9.59 Å². The molecule has 2 fully saturated rings. The van der Waals surface area contributed by atoms with Gasteiger partial charge in [0.15, 0.2) is 0 Å². The third-order valence-electron chi connectivity index (χ3n) is 5.54. The summed E-state index contributed by atoms with van der Waals surface area (Å²) in [5.41, 5.74) is 3.74. The van der Waals surface area contributed by atoms with E-state index in [0.717, 1.165) is 23.2 Å². The van der Waals surface area contributed by atoms with Crippen molar-refractivity contribution >= 4 is 17.6 Å². The fraction of sp³-hybridized carbons (Fsp3) is 0.579. The van der Waals surface area contributed by atoms with Crippen molar-refractivity contribution in [2.45, 2.75) is 46.6 Å². The number of anilines is 1. The molecule has 1 aromatic carbocycles. The van der Waals surface area contributed by atoms with Crippen molar-refractivity contribution in [1.82, 2.24) is 4.90 Å². The molecule has 2 atom stereocenters. The number of aliphatic carboxylic acids is 1. The molecule has 0 spiro atoms. The average Bonchev–Trinajstić information content (AvgIpc) is 3.03. The largest absolute Gasteiger partial charge is 0.481 e. The third kappa shape index (κ3) is 2.71. The van der Waals surface area contributed by atoms with Crippen molar-refractivity contribution in [2.75, 3.05) is 24.5 Å². The van der Waals surface area contributed by atoms with E-state index >= 15 is 0 Å². The molecule has 2 heterocycles. The molecule has 2 aliphatic heterocycles. The molecule has 24 heavy (non-hydrogen) atoms. The summed E-state index contributed by atoms with van der Waals surface area (Å²) in [5.74, 6) is -0.655. The minimum absolute atomic E-state index is 0.111. The molecule has 0 bridgehead atoms. The van der Waals surface area contributed by atoms with Gasteiger partial charge in [-0.15, -0.1) is 0 Å². The van der Waals surface area contributed by atoms with E-state index in [9.17, 15) is 14.7 Å². The summed E-state index contributed by atoms with van der Waals surface area (Å²) in [6.45, 7) is 9.78. The molecule has 2 saturated heterocycles. The quantitative estimate of drug-likeness (QED) is 0.925. The normalized spacial score (nSPS) is 27.9. The van der Waals surface area contributed by atoms with Crippen molar-refractivity contribution in [1.29, 1.82) is 0 Å². The number of carbonyl (C=O) groups is 2. The van der Waals surface area contributed by atoms with Crippen molar-refractivity contribution in [3.8, 4) is 0 Å². The molecule has 0 saturated carbocycles. The molecule has 2 aliphatic rings. The molecule has 1 amide bonds. The van der Waals surface area contributed by atoms with E-state index in [0.29, 0.717) is 26.1 Å². The maximum absolute atomic E-state index is 13.0. The van der Waals surface area contributed by atoms with Gasteiger partial charge in [-0.1, -0.05) is 17.7 Å². The molecule has 1 N–H and O–H groups in total. The van der Waals surface area contributed by atoms with Gasteiger partial charge in [0.1, 0.15) is 0 Å². The zero-order valence-corrected chi connectivity index (χ0v) is 14.9. The molecule has 5 heteroatoms. The number of hydrogen-bond acceptors (Lipinski definition) is 3. The van der Waals surface area contributed by atoms with E-state index in [1.807, 2.05) is 18.7 Å². The molecule has 0 radical (unpaired) electrons. The molecular formula is C19H26N2O3. The lowest BCUT2D eigenvalue weighted by Gasteiger charge is -2.26. The zero-order chi connectivity index (χ0) is 17.6. The van der Waals surface area contributed by atoms with Crippen LogP contribution in [0.1, 0.15) is 36.5 Å². The number of hydrogen-bond donors (Lipinski definition) is 1. The highest BCUT2D eigenvalue weighted by atomic mass is 16.4. The number of aryl methyl sites for hydroxylation is 3. The van der Waals surface area contributed by atoms with Gasteiger partial charge in [-0.25, -0.2) is 0 Å². The number of carbonyl (C=O) groups excluding carboxylic acids is 1. The Morgan fingerprint density at radius 3 is 2.38 bits per heavy atom. The van der Waals surface area contributed by atoms with Crippen LogP contribution in [0.4, 0.5) is 5.69 Å². The van der Waals surface area contributed by atoms with Gasteiger partial charge in [0.05, 0.1) is 11.5 Å². The molecule has 3 rings (SSSR count). The second-order valence-electron chi connectivity index (χ2n) is 7.63. The van der Waals surface area contributed by atoms with Crippen LogP contribution >= 0.6 is 0 Å². The van der Waals surface area contributed by atoms with E-state index < -0.39 is 11.4 Å². The lowest BCUT2D eigenvalue weighted by Crippen LogP contribution is -2.42. The molecule has 1 aromatic rings. The number of amides is 1. The van der Waals surface area contributed by atoms with Crippen LogP contribution in [0.25, 0.3) is 0 Å². The molecule has 0 aromatic heterocycles. The van der Waals surface area contributed by atoms with Gasteiger partial charge >= 0.3 is 5.97 Å². The predicted molar refractivity (Wildman–Crippen MR) is 93.3 cm³/mol. The second kappa shape index (κ2) is 5.88.